The highest BCUT2D eigenvalue weighted by molar-refractivity contribution is 6.02. The lowest BCUT2D eigenvalue weighted by Gasteiger charge is -2.12. The summed E-state index contributed by atoms with van der Waals surface area (Å²) in [5, 5.41) is 5.06. The summed E-state index contributed by atoms with van der Waals surface area (Å²) in [6, 6.07) is 19.2. The lowest BCUT2D eigenvalue weighted by molar-refractivity contribution is 0.0626. The molecule has 0 aliphatic heterocycles. The van der Waals surface area contributed by atoms with Crippen molar-refractivity contribution < 1.29 is 9.47 Å². The normalized spacial score (nSPS) is 11.2. The maximum atomic E-state index is 5.75. The molecule has 0 saturated heterocycles. The average Bonchev–Trinajstić information content (AvgIpc) is 2.50. The van der Waals surface area contributed by atoms with Gasteiger partial charge in [0.25, 0.3) is 0 Å². The summed E-state index contributed by atoms with van der Waals surface area (Å²) < 4.78 is 10.8. The highest BCUT2D eigenvalue weighted by atomic mass is 16.5. The SMILES string of the molecule is COCCOCc1c2ccccc2cc2ccccc12. The third-order valence-corrected chi connectivity index (χ3v) is 3.56. The fourth-order valence-electron chi connectivity index (χ4n) is 2.58. The fourth-order valence-corrected chi connectivity index (χ4v) is 2.58. The molecule has 0 unspecified atom stereocenters. The zero-order valence-corrected chi connectivity index (χ0v) is 11.6. The van der Waals surface area contributed by atoms with Gasteiger partial charge in [0.1, 0.15) is 0 Å². The Balaban J connectivity index is 2.08. The summed E-state index contributed by atoms with van der Waals surface area (Å²) in [4.78, 5) is 0. The van der Waals surface area contributed by atoms with Crippen LogP contribution in [-0.2, 0) is 16.1 Å². The van der Waals surface area contributed by atoms with Crippen molar-refractivity contribution in [2.24, 2.45) is 0 Å². The van der Waals surface area contributed by atoms with Crippen LogP contribution in [-0.4, -0.2) is 20.3 Å². The molecule has 3 aromatic carbocycles. The van der Waals surface area contributed by atoms with Crippen molar-refractivity contribution in [1.82, 2.24) is 0 Å². The van der Waals surface area contributed by atoms with E-state index in [-0.39, 0.29) is 0 Å². The van der Waals surface area contributed by atoms with Crippen LogP contribution in [0.5, 0.6) is 0 Å². The zero-order chi connectivity index (χ0) is 13.8. The van der Waals surface area contributed by atoms with Crippen LogP contribution in [0.1, 0.15) is 5.56 Å². The average molecular weight is 266 g/mol. The van der Waals surface area contributed by atoms with Crippen molar-refractivity contribution in [3.63, 3.8) is 0 Å². The van der Waals surface area contributed by atoms with E-state index < -0.39 is 0 Å². The second kappa shape index (κ2) is 6.04. The van der Waals surface area contributed by atoms with E-state index in [9.17, 15) is 0 Å². The molecule has 0 aliphatic carbocycles. The van der Waals surface area contributed by atoms with E-state index in [0.29, 0.717) is 19.8 Å². The van der Waals surface area contributed by atoms with E-state index in [1.165, 1.54) is 27.1 Å². The van der Waals surface area contributed by atoms with Crippen molar-refractivity contribution in [1.29, 1.82) is 0 Å². The Labute approximate surface area is 118 Å². The molecule has 0 heterocycles. The van der Waals surface area contributed by atoms with Gasteiger partial charge >= 0.3 is 0 Å². The Morgan fingerprint density at radius 3 is 2.00 bits per heavy atom. The molecule has 0 spiro atoms. The summed E-state index contributed by atoms with van der Waals surface area (Å²) in [6.07, 6.45) is 0. The number of benzene rings is 3. The Kier molecular flexibility index (Phi) is 3.95. The van der Waals surface area contributed by atoms with Crippen LogP contribution in [0.25, 0.3) is 21.5 Å². The van der Waals surface area contributed by atoms with Gasteiger partial charge in [-0.3, -0.25) is 0 Å². The predicted molar refractivity (Wildman–Crippen MR) is 83.0 cm³/mol. The van der Waals surface area contributed by atoms with Crippen molar-refractivity contribution in [3.8, 4) is 0 Å². The van der Waals surface area contributed by atoms with Crippen LogP contribution in [0.15, 0.2) is 54.6 Å². The van der Waals surface area contributed by atoms with E-state index in [2.05, 4.69) is 54.6 Å². The molecule has 0 aromatic heterocycles. The molecule has 0 bridgehead atoms. The first kappa shape index (κ1) is 13.1. The number of hydrogen-bond acceptors (Lipinski definition) is 2. The Hall–Kier alpha value is -1.90. The number of hydrogen-bond donors (Lipinski definition) is 0. The monoisotopic (exact) mass is 266 g/mol. The minimum absolute atomic E-state index is 0.616. The van der Waals surface area contributed by atoms with Gasteiger partial charge in [-0.15, -0.1) is 0 Å². The fraction of sp³-hybridized carbons (Fsp3) is 0.222. The molecule has 0 aliphatic rings. The molecule has 0 fully saturated rings. The lowest BCUT2D eigenvalue weighted by Crippen LogP contribution is -2.02. The highest BCUT2D eigenvalue weighted by Crippen LogP contribution is 2.28. The molecular weight excluding hydrogens is 248 g/mol. The van der Waals surface area contributed by atoms with Crippen LogP contribution >= 0.6 is 0 Å². The van der Waals surface area contributed by atoms with Crippen LogP contribution < -0.4 is 0 Å². The molecular formula is C18H18O2. The zero-order valence-electron chi connectivity index (χ0n) is 11.6. The van der Waals surface area contributed by atoms with E-state index in [0.717, 1.165) is 0 Å². The Morgan fingerprint density at radius 1 is 0.800 bits per heavy atom. The summed E-state index contributed by atoms with van der Waals surface area (Å²) in [6.45, 7) is 1.86. The van der Waals surface area contributed by atoms with E-state index in [1.807, 2.05) is 0 Å². The second-order valence-corrected chi connectivity index (χ2v) is 4.84. The molecule has 0 N–H and O–H groups in total. The van der Waals surface area contributed by atoms with Crippen LogP contribution in [0.2, 0.25) is 0 Å². The molecule has 2 heteroatoms. The highest BCUT2D eigenvalue weighted by Gasteiger charge is 2.07. The summed E-state index contributed by atoms with van der Waals surface area (Å²) in [5.41, 5.74) is 1.26. The van der Waals surface area contributed by atoms with Crippen molar-refractivity contribution in [2.45, 2.75) is 6.61 Å². The molecule has 3 rings (SSSR count). The van der Waals surface area contributed by atoms with Crippen molar-refractivity contribution >= 4 is 21.5 Å². The van der Waals surface area contributed by atoms with Gasteiger partial charge in [-0.2, -0.15) is 0 Å². The number of ether oxygens (including phenoxy) is 2. The standard InChI is InChI=1S/C18H18O2/c1-19-10-11-20-13-18-16-8-4-2-6-14(16)12-15-7-3-5-9-17(15)18/h2-9,12H,10-11,13H2,1H3. The molecule has 2 nitrogen and oxygen atoms in total. The van der Waals surface area contributed by atoms with Gasteiger partial charge in [-0.1, -0.05) is 48.5 Å². The lowest BCUT2D eigenvalue weighted by atomic mass is 9.97. The topological polar surface area (TPSA) is 18.5 Å². The minimum atomic E-state index is 0.616. The number of fused-ring (bicyclic) bond motifs is 2. The number of methoxy groups -OCH3 is 1. The van der Waals surface area contributed by atoms with Gasteiger partial charge in [-0.25, -0.2) is 0 Å². The first-order valence-corrected chi connectivity index (χ1v) is 6.86. The minimum Gasteiger partial charge on any atom is -0.382 e. The van der Waals surface area contributed by atoms with Crippen LogP contribution in [0, 0.1) is 0 Å². The molecule has 3 aromatic rings. The maximum absolute atomic E-state index is 5.75. The molecule has 0 saturated carbocycles. The van der Waals surface area contributed by atoms with Crippen molar-refractivity contribution in [3.05, 3.63) is 60.2 Å². The van der Waals surface area contributed by atoms with Crippen molar-refractivity contribution in [2.75, 3.05) is 20.3 Å². The third-order valence-electron chi connectivity index (χ3n) is 3.56. The van der Waals surface area contributed by atoms with E-state index in [1.54, 1.807) is 7.11 Å². The van der Waals surface area contributed by atoms with Gasteiger partial charge in [0.2, 0.25) is 0 Å². The third kappa shape index (κ3) is 2.53. The molecule has 102 valence electrons. The maximum Gasteiger partial charge on any atom is 0.0730 e. The molecule has 20 heavy (non-hydrogen) atoms. The number of rotatable bonds is 5. The first-order chi connectivity index (χ1) is 9.90. The van der Waals surface area contributed by atoms with Gasteiger partial charge < -0.3 is 9.47 Å². The van der Waals surface area contributed by atoms with Crippen LogP contribution in [0.3, 0.4) is 0 Å². The molecule has 0 radical (unpaired) electrons. The van der Waals surface area contributed by atoms with Gasteiger partial charge in [0.15, 0.2) is 0 Å². The summed E-state index contributed by atoms with van der Waals surface area (Å²) >= 11 is 0. The summed E-state index contributed by atoms with van der Waals surface area (Å²) in [5.74, 6) is 0. The molecule has 0 amide bonds. The van der Waals surface area contributed by atoms with Gasteiger partial charge in [-0.05, 0) is 33.2 Å². The predicted octanol–water partition coefficient (Wildman–Crippen LogP) is 4.16. The largest absolute Gasteiger partial charge is 0.382 e. The first-order valence-electron chi connectivity index (χ1n) is 6.86. The molecule has 0 atom stereocenters. The van der Waals surface area contributed by atoms with Crippen LogP contribution in [0.4, 0.5) is 0 Å². The summed E-state index contributed by atoms with van der Waals surface area (Å²) in [7, 11) is 1.69. The van der Waals surface area contributed by atoms with E-state index >= 15 is 0 Å². The Bertz CT molecular complexity index is 665. The van der Waals surface area contributed by atoms with Gasteiger partial charge in [0, 0.05) is 7.11 Å². The quantitative estimate of drug-likeness (QED) is 0.510. The smallest absolute Gasteiger partial charge is 0.0730 e. The Morgan fingerprint density at radius 2 is 1.40 bits per heavy atom. The van der Waals surface area contributed by atoms with Gasteiger partial charge in [0.05, 0.1) is 19.8 Å². The van der Waals surface area contributed by atoms with E-state index in [4.69, 9.17) is 9.47 Å². The second-order valence-electron chi connectivity index (χ2n) is 4.84.